The summed E-state index contributed by atoms with van der Waals surface area (Å²) in [4.78, 5) is 4.28. The van der Waals surface area contributed by atoms with Crippen molar-refractivity contribution in [2.45, 2.75) is 20.3 Å². The topological polar surface area (TPSA) is 52.6 Å². The van der Waals surface area contributed by atoms with Crippen LogP contribution in [-0.2, 0) is 19.3 Å². The SMILES string of the molecule is C/C=C(\CC)S(=O)(=O)OOC. The molecule has 0 aliphatic heterocycles. The predicted molar refractivity (Wildman–Crippen MR) is 41.1 cm³/mol. The smallest absolute Gasteiger partial charge is 0.223 e. The Bertz CT molecular complexity index is 227. The monoisotopic (exact) mass is 180 g/mol. The first kappa shape index (κ1) is 10.6. The van der Waals surface area contributed by atoms with Gasteiger partial charge in [0.05, 0.1) is 12.0 Å². The van der Waals surface area contributed by atoms with Crippen LogP contribution in [0.2, 0.25) is 0 Å². The third kappa shape index (κ3) is 3.00. The van der Waals surface area contributed by atoms with E-state index in [0.717, 1.165) is 7.11 Å². The van der Waals surface area contributed by atoms with Gasteiger partial charge in [-0.05, 0) is 13.3 Å². The van der Waals surface area contributed by atoms with Crippen LogP contribution in [0.3, 0.4) is 0 Å². The summed E-state index contributed by atoms with van der Waals surface area (Å²) >= 11 is 0. The van der Waals surface area contributed by atoms with Gasteiger partial charge in [0.25, 0.3) is 0 Å². The summed E-state index contributed by atoms with van der Waals surface area (Å²) in [6.07, 6.45) is 1.89. The summed E-state index contributed by atoms with van der Waals surface area (Å²) in [5, 5.41) is 0. The van der Waals surface area contributed by atoms with Gasteiger partial charge < -0.3 is 0 Å². The molecule has 0 aromatic rings. The van der Waals surface area contributed by atoms with Crippen molar-refractivity contribution in [2.24, 2.45) is 0 Å². The minimum Gasteiger partial charge on any atom is -0.223 e. The molecule has 4 nitrogen and oxygen atoms in total. The van der Waals surface area contributed by atoms with Crippen LogP contribution < -0.4 is 0 Å². The van der Waals surface area contributed by atoms with E-state index in [1.54, 1.807) is 13.8 Å². The number of hydrogen-bond donors (Lipinski definition) is 0. The number of rotatable bonds is 4. The lowest BCUT2D eigenvalue weighted by Crippen LogP contribution is -2.07. The molecular formula is C6H12O4S. The van der Waals surface area contributed by atoms with Gasteiger partial charge in [0.1, 0.15) is 0 Å². The fourth-order valence-corrected chi connectivity index (χ4v) is 1.57. The molecule has 0 aromatic heterocycles. The van der Waals surface area contributed by atoms with Crippen LogP contribution in [0.4, 0.5) is 0 Å². The Hall–Kier alpha value is -0.390. The van der Waals surface area contributed by atoms with Gasteiger partial charge in [0.15, 0.2) is 0 Å². The van der Waals surface area contributed by atoms with E-state index in [1.807, 2.05) is 0 Å². The molecule has 0 N–H and O–H groups in total. The molecular weight excluding hydrogens is 168 g/mol. The van der Waals surface area contributed by atoms with E-state index < -0.39 is 10.1 Å². The van der Waals surface area contributed by atoms with E-state index in [0.29, 0.717) is 6.42 Å². The zero-order chi connectivity index (χ0) is 8.91. The molecule has 0 saturated carbocycles. The first-order chi connectivity index (χ1) is 5.08. The summed E-state index contributed by atoms with van der Waals surface area (Å²) in [5.41, 5.74) is 0. The molecule has 66 valence electrons. The van der Waals surface area contributed by atoms with Crippen LogP contribution in [0.1, 0.15) is 20.3 Å². The third-order valence-electron chi connectivity index (χ3n) is 1.15. The molecule has 0 aromatic carbocycles. The summed E-state index contributed by atoms with van der Waals surface area (Å²) in [6.45, 7) is 3.36. The molecule has 0 saturated heterocycles. The Labute approximate surface area is 66.9 Å². The highest BCUT2D eigenvalue weighted by atomic mass is 32.2. The Morgan fingerprint density at radius 3 is 2.36 bits per heavy atom. The standard InChI is InChI=1S/C6H12O4S/c1-4-6(5-2)11(7,8)10-9-3/h4H,5H2,1-3H3/b6-4+. The van der Waals surface area contributed by atoms with E-state index in [2.05, 4.69) is 9.22 Å². The molecule has 11 heavy (non-hydrogen) atoms. The Balaban J connectivity index is 4.55. The van der Waals surface area contributed by atoms with Crippen LogP contribution in [0.25, 0.3) is 0 Å². The van der Waals surface area contributed by atoms with Crippen LogP contribution in [-0.4, -0.2) is 15.5 Å². The maximum atomic E-state index is 11.0. The second-order valence-electron chi connectivity index (χ2n) is 1.80. The second-order valence-corrected chi connectivity index (χ2v) is 3.37. The van der Waals surface area contributed by atoms with E-state index >= 15 is 0 Å². The fourth-order valence-electron chi connectivity index (χ4n) is 0.659. The van der Waals surface area contributed by atoms with Gasteiger partial charge in [0.2, 0.25) is 0 Å². The fraction of sp³-hybridized carbons (Fsp3) is 0.667. The summed E-state index contributed by atoms with van der Waals surface area (Å²) in [5.74, 6) is 0. The highest BCUT2D eigenvalue weighted by Gasteiger charge is 2.15. The van der Waals surface area contributed by atoms with Gasteiger partial charge in [-0.15, -0.1) is 4.33 Å². The molecule has 0 unspecified atom stereocenters. The molecule has 0 aliphatic carbocycles. The van der Waals surface area contributed by atoms with Crippen LogP contribution in [0.15, 0.2) is 11.0 Å². The Morgan fingerprint density at radius 1 is 1.55 bits per heavy atom. The zero-order valence-corrected chi connectivity index (χ0v) is 7.64. The predicted octanol–water partition coefficient (Wildman–Crippen LogP) is 1.21. The van der Waals surface area contributed by atoms with Crippen LogP contribution in [0.5, 0.6) is 0 Å². The van der Waals surface area contributed by atoms with Gasteiger partial charge in [-0.1, -0.05) is 13.0 Å². The van der Waals surface area contributed by atoms with Crippen molar-refractivity contribution in [3.63, 3.8) is 0 Å². The van der Waals surface area contributed by atoms with Gasteiger partial charge in [0, 0.05) is 0 Å². The van der Waals surface area contributed by atoms with E-state index in [9.17, 15) is 8.42 Å². The van der Waals surface area contributed by atoms with Crippen molar-refractivity contribution in [3.05, 3.63) is 11.0 Å². The molecule has 0 spiro atoms. The van der Waals surface area contributed by atoms with Crippen LogP contribution >= 0.6 is 0 Å². The summed E-state index contributed by atoms with van der Waals surface area (Å²) in [6, 6.07) is 0. The normalized spacial score (nSPS) is 13.5. The average molecular weight is 180 g/mol. The minimum atomic E-state index is -3.63. The Kier molecular flexibility index (Phi) is 4.32. The van der Waals surface area contributed by atoms with Crippen molar-refractivity contribution < 1.29 is 17.6 Å². The van der Waals surface area contributed by atoms with Gasteiger partial charge >= 0.3 is 10.1 Å². The van der Waals surface area contributed by atoms with Gasteiger partial charge in [-0.25, -0.2) is 4.89 Å². The summed E-state index contributed by atoms with van der Waals surface area (Å²) < 4.78 is 26.0. The third-order valence-corrected chi connectivity index (χ3v) is 2.63. The summed E-state index contributed by atoms with van der Waals surface area (Å²) in [7, 11) is -2.48. The van der Waals surface area contributed by atoms with Crippen molar-refractivity contribution >= 4 is 10.1 Å². The van der Waals surface area contributed by atoms with Crippen molar-refractivity contribution in [1.82, 2.24) is 0 Å². The quantitative estimate of drug-likeness (QED) is 0.482. The molecule has 0 atom stereocenters. The van der Waals surface area contributed by atoms with E-state index in [4.69, 9.17) is 0 Å². The maximum absolute atomic E-state index is 11.0. The van der Waals surface area contributed by atoms with Gasteiger partial charge in [-0.3, -0.25) is 0 Å². The van der Waals surface area contributed by atoms with Crippen molar-refractivity contribution in [2.75, 3.05) is 7.11 Å². The average Bonchev–Trinajstić information content (AvgIpc) is 1.89. The van der Waals surface area contributed by atoms with Crippen LogP contribution in [0, 0.1) is 0 Å². The first-order valence-corrected chi connectivity index (χ1v) is 4.61. The number of allylic oxidation sites excluding steroid dienone is 2. The molecule has 0 fully saturated rings. The molecule has 0 amide bonds. The minimum absolute atomic E-state index is 0.222. The van der Waals surface area contributed by atoms with E-state index in [-0.39, 0.29) is 4.91 Å². The number of hydrogen-bond acceptors (Lipinski definition) is 4. The van der Waals surface area contributed by atoms with Crippen molar-refractivity contribution in [3.8, 4) is 0 Å². The maximum Gasteiger partial charge on any atom is 0.318 e. The second kappa shape index (κ2) is 4.48. The molecule has 0 aliphatic rings. The lowest BCUT2D eigenvalue weighted by molar-refractivity contribution is -0.171. The highest BCUT2D eigenvalue weighted by molar-refractivity contribution is 7.90. The zero-order valence-electron chi connectivity index (χ0n) is 6.83. The van der Waals surface area contributed by atoms with Crippen molar-refractivity contribution in [1.29, 1.82) is 0 Å². The molecule has 0 heterocycles. The molecule has 0 rings (SSSR count). The highest BCUT2D eigenvalue weighted by Crippen LogP contribution is 2.12. The molecule has 0 bridgehead atoms. The Morgan fingerprint density at radius 2 is 2.09 bits per heavy atom. The lowest BCUT2D eigenvalue weighted by atomic mass is 10.4. The molecule has 5 heteroatoms. The van der Waals surface area contributed by atoms with Gasteiger partial charge in [-0.2, -0.15) is 8.42 Å². The largest absolute Gasteiger partial charge is 0.318 e. The van der Waals surface area contributed by atoms with E-state index in [1.165, 1.54) is 6.08 Å². The lowest BCUT2D eigenvalue weighted by Gasteiger charge is -2.02. The molecule has 0 radical (unpaired) electrons. The first-order valence-electron chi connectivity index (χ1n) is 3.21.